The lowest BCUT2D eigenvalue weighted by Gasteiger charge is -2.35. The number of hydrogen-bond acceptors (Lipinski definition) is 4. The van der Waals surface area contributed by atoms with Gasteiger partial charge in [-0.15, -0.1) is 12.4 Å². The zero-order valence-corrected chi connectivity index (χ0v) is 13.4. The second-order valence-corrected chi connectivity index (χ2v) is 5.27. The molecule has 1 aliphatic rings. The highest BCUT2D eigenvalue weighted by Crippen LogP contribution is 2.03. The molecule has 6 nitrogen and oxygen atoms in total. The van der Waals surface area contributed by atoms with Crippen molar-refractivity contribution in [2.75, 3.05) is 32.7 Å². The molecule has 0 saturated carbocycles. The first-order chi connectivity index (χ1) is 8.93. The molecular formula is C13H27ClN4O2. The Labute approximate surface area is 127 Å². The van der Waals surface area contributed by atoms with E-state index in [0.29, 0.717) is 19.6 Å². The average Bonchev–Trinajstić information content (AvgIpc) is 2.38. The molecule has 3 N–H and O–H groups in total. The Balaban J connectivity index is 0.00000361. The van der Waals surface area contributed by atoms with E-state index in [4.69, 9.17) is 5.73 Å². The number of piperazine rings is 1. The van der Waals surface area contributed by atoms with Gasteiger partial charge in [0, 0.05) is 32.2 Å². The highest BCUT2D eigenvalue weighted by molar-refractivity contribution is 5.85. The summed E-state index contributed by atoms with van der Waals surface area (Å²) >= 11 is 0. The number of carbonyl (C=O) groups is 2. The quantitative estimate of drug-likeness (QED) is 0.738. The normalized spacial score (nSPS) is 18.9. The smallest absolute Gasteiger partial charge is 0.239 e. The molecule has 2 amide bonds. The maximum absolute atomic E-state index is 11.8. The summed E-state index contributed by atoms with van der Waals surface area (Å²) in [5.41, 5.74) is 5.58. The van der Waals surface area contributed by atoms with Crippen LogP contribution in [0.15, 0.2) is 0 Å². The monoisotopic (exact) mass is 306 g/mol. The second kappa shape index (κ2) is 9.15. The van der Waals surface area contributed by atoms with Crippen molar-refractivity contribution in [2.45, 2.75) is 39.3 Å². The van der Waals surface area contributed by atoms with Gasteiger partial charge in [0.2, 0.25) is 11.8 Å². The van der Waals surface area contributed by atoms with Crippen LogP contribution < -0.4 is 11.1 Å². The molecule has 1 heterocycles. The van der Waals surface area contributed by atoms with Gasteiger partial charge >= 0.3 is 0 Å². The van der Waals surface area contributed by atoms with Crippen molar-refractivity contribution in [3.63, 3.8) is 0 Å². The van der Waals surface area contributed by atoms with E-state index >= 15 is 0 Å². The largest absolute Gasteiger partial charge is 0.353 e. The minimum atomic E-state index is -0.444. The Kier molecular flexibility index (Phi) is 8.76. The van der Waals surface area contributed by atoms with Crippen LogP contribution in [-0.4, -0.2) is 66.4 Å². The molecule has 0 aromatic heterocycles. The van der Waals surface area contributed by atoms with Crippen LogP contribution in [0.25, 0.3) is 0 Å². The third-order valence-electron chi connectivity index (χ3n) is 3.46. The third kappa shape index (κ3) is 6.07. The number of carbonyl (C=O) groups excluding carboxylic acids is 2. The Hall–Kier alpha value is -0.850. The summed E-state index contributed by atoms with van der Waals surface area (Å²) < 4.78 is 0. The number of amides is 2. The number of nitrogens with one attached hydrogen (secondary N) is 1. The molecule has 0 bridgehead atoms. The van der Waals surface area contributed by atoms with Gasteiger partial charge in [-0.05, 0) is 20.3 Å². The van der Waals surface area contributed by atoms with Crippen LogP contribution in [0, 0.1) is 0 Å². The Bertz CT molecular complexity index is 317. The number of nitrogens with two attached hydrogens (primary N) is 1. The molecule has 0 aliphatic carbocycles. The molecule has 0 aromatic rings. The highest BCUT2D eigenvalue weighted by atomic mass is 35.5. The summed E-state index contributed by atoms with van der Waals surface area (Å²) in [4.78, 5) is 27.3. The van der Waals surface area contributed by atoms with Gasteiger partial charge < -0.3 is 16.0 Å². The molecule has 2 atom stereocenters. The minimum absolute atomic E-state index is 0. The number of nitrogens with zero attached hydrogens (tertiary/aromatic N) is 2. The van der Waals surface area contributed by atoms with Gasteiger partial charge in [0.1, 0.15) is 0 Å². The van der Waals surface area contributed by atoms with Gasteiger partial charge in [-0.1, -0.05) is 6.92 Å². The van der Waals surface area contributed by atoms with E-state index < -0.39 is 6.04 Å². The molecule has 1 fully saturated rings. The maximum Gasteiger partial charge on any atom is 0.239 e. The number of hydrogen-bond donors (Lipinski definition) is 2. The summed E-state index contributed by atoms with van der Waals surface area (Å²) in [5.74, 6) is 0.0463. The zero-order valence-electron chi connectivity index (χ0n) is 12.6. The lowest BCUT2D eigenvalue weighted by atomic mass is 10.2. The summed E-state index contributed by atoms with van der Waals surface area (Å²) in [6, 6.07) is -0.228. The first-order valence-corrected chi connectivity index (χ1v) is 7.00. The van der Waals surface area contributed by atoms with E-state index in [1.807, 2.05) is 13.8 Å². The maximum atomic E-state index is 11.8. The van der Waals surface area contributed by atoms with E-state index in [9.17, 15) is 9.59 Å². The zero-order chi connectivity index (χ0) is 14.4. The van der Waals surface area contributed by atoms with Crippen molar-refractivity contribution in [2.24, 2.45) is 5.73 Å². The average molecular weight is 307 g/mol. The predicted molar refractivity (Wildman–Crippen MR) is 81.8 cm³/mol. The summed E-state index contributed by atoms with van der Waals surface area (Å²) in [6.45, 7) is 8.91. The summed E-state index contributed by atoms with van der Waals surface area (Å²) in [5, 5.41) is 2.95. The van der Waals surface area contributed by atoms with E-state index in [1.54, 1.807) is 11.8 Å². The number of halogens is 1. The minimum Gasteiger partial charge on any atom is -0.353 e. The molecule has 7 heteroatoms. The molecule has 1 saturated heterocycles. The fraction of sp³-hybridized carbons (Fsp3) is 0.846. The fourth-order valence-corrected chi connectivity index (χ4v) is 2.04. The van der Waals surface area contributed by atoms with Gasteiger partial charge in [0.15, 0.2) is 0 Å². The molecule has 1 unspecified atom stereocenters. The molecule has 118 valence electrons. The van der Waals surface area contributed by atoms with Crippen molar-refractivity contribution in [3.8, 4) is 0 Å². The summed E-state index contributed by atoms with van der Waals surface area (Å²) in [6.07, 6.45) is 0.933. The standard InChI is InChI=1S/C13H26N4O2.ClH/c1-4-10(2)15-12(18)9-16-5-7-17(8-6-16)13(19)11(3)14;/h10-11H,4-9,14H2,1-3H3,(H,15,18);1H/t10?,11-;/m1./s1. The van der Waals surface area contributed by atoms with Crippen LogP contribution in [-0.2, 0) is 9.59 Å². The van der Waals surface area contributed by atoms with E-state index in [-0.39, 0.29) is 30.3 Å². The van der Waals surface area contributed by atoms with Crippen LogP contribution in [0.4, 0.5) is 0 Å². The molecule has 1 aliphatic heterocycles. The SMILES string of the molecule is CCC(C)NC(=O)CN1CCN(C(=O)[C@@H](C)N)CC1.Cl. The molecule has 0 aromatic carbocycles. The molecular weight excluding hydrogens is 280 g/mol. The van der Waals surface area contributed by atoms with Crippen LogP contribution in [0.2, 0.25) is 0 Å². The van der Waals surface area contributed by atoms with Gasteiger partial charge in [0.25, 0.3) is 0 Å². The lowest BCUT2D eigenvalue weighted by Crippen LogP contribution is -2.54. The lowest BCUT2D eigenvalue weighted by molar-refractivity contribution is -0.134. The molecule has 0 spiro atoms. The first kappa shape index (κ1) is 19.1. The van der Waals surface area contributed by atoms with Crippen molar-refractivity contribution < 1.29 is 9.59 Å². The molecule has 0 radical (unpaired) electrons. The van der Waals surface area contributed by atoms with Crippen LogP contribution >= 0.6 is 12.4 Å². The van der Waals surface area contributed by atoms with Crippen LogP contribution in [0.5, 0.6) is 0 Å². The first-order valence-electron chi connectivity index (χ1n) is 7.00. The van der Waals surface area contributed by atoms with E-state index in [2.05, 4.69) is 10.2 Å². The molecule has 20 heavy (non-hydrogen) atoms. The van der Waals surface area contributed by atoms with Gasteiger partial charge in [-0.3, -0.25) is 14.5 Å². The van der Waals surface area contributed by atoms with Crippen LogP contribution in [0.3, 0.4) is 0 Å². The summed E-state index contributed by atoms with van der Waals surface area (Å²) in [7, 11) is 0. The Morgan fingerprint density at radius 3 is 2.20 bits per heavy atom. The van der Waals surface area contributed by atoms with E-state index in [1.165, 1.54) is 0 Å². The predicted octanol–water partition coefficient (Wildman–Crippen LogP) is -0.186. The Morgan fingerprint density at radius 2 is 1.75 bits per heavy atom. The number of rotatable bonds is 5. The van der Waals surface area contributed by atoms with Crippen molar-refractivity contribution in [1.29, 1.82) is 0 Å². The second-order valence-electron chi connectivity index (χ2n) is 5.27. The van der Waals surface area contributed by atoms with Crippen molar-refractivity contribution in [1.82, 2.24) is 15.1 Å². The van der Waals surface area contributed by atoms with Gasteiger partial charge in [-0.25, -0.2) is 0 Å². The van der Waals surface area contributed by atoms with Crippen LogP contribution in [0.1, 0.15) is 27.2 Å². The topological polar surface area (TPSA) is 78.7 Å². The Morgan fingerprint density at radius 1 is 1.20 bits per heavy atom. The molecule has 1 rings (SSSR count). The van der Waals surface area contributed by atoms with Crippen molar-refractivity contribution >= 4 is 24.2 Å². The van der Waals surface area contributed by atoms with Crippen molar-refractivity contribution in [3.05, 3.63) is 0 Å². The van der Waals surface area contributed by atoms with E-state index in [0.717, 1.165) is 19.5 Å². The van der Waals surface area contributed by atoms with Gasteiger partial charge in [0.05, 0.1) is 12.6 Å². The van der Waals surface area contributed by atoms with Gasteiger partial charge in [-0.2, -0.15) is 0 Å². The third-order valence-corrected chi connectivity index (χ3v) is 3.46. The highest BCUT2D eigenvalue weighted by Gasteiger charge is 2.24. The fourth-order valence-electron chi connectivity index (χ4n) is 2.04.